The van der Waals surface area contributed by atoms with Crippen LogP contribution in [0.5, 0.6) is 0 Å². The smallest absolute Gasteiger partial charge is 0.350 e. The van der Waals surface area contributed by atoms with Gasteiger partial charge in [0.1, 0.15) is 4.88 Å². The molecule has 0 aliphatic rings. The summed E-state index contributed by atoms with van der Waals surface area (Å²) in [5.74, 6) is -0.374. The van der Waals surface area contributed by atoms with Crippen molar-refractivity contribution < 1.29 is 9.53 Å². The van der Waals surface area contributed by atoms with Gasteiger partial charge >= 0.3 is 5.97 Å². The fourth-order valence-electron chi connectivity index (χ4n) is 1.80. The van der Waals surface area contributed by atoms with Crippen LogP contribution < -0.4 is 5.73 Å². The average Bonchev–Trinajstić information content (AvgIpc) is 2.70. The number of hydrogen-bond acceptors (Lipinski definition) is 4. The Bertz CT molecular complexity index is 669. The Hall–Kier alpha value is -0.790. The molecule has 0 aliphatic carbocycles. The maximum atomic E-state index is 11.9. The number of esters is 1. The van der Waals surface area contributed by atoms with Gasteiger partial charge in [0.05, 0.1) is 12.3 Å². The van der Waals surface area contributed by atoms with Gasteiger partial charge < -0.3 is 10.5 Å². The van der Waals surface area contributed by atoms with Gasteiger partial charge in [0, 0.05) is 19.0 Å². The van der Waals surface area contributed by atoms with Crippen molar-refractivity contribution in [1.82, 2.24) is 0 Å². The number of benzene rings is 1. The highest BCUT2D eigenvalue weighted by atomic mass is 127. The maximum absolute atomic E-state index is 11.9. The molecule has 0 unspecified atom stereocenters. The molecule has 106 valence electrons. The van der Waals surface area contributed by atoms with Crippen molar-refractivity contribution >= 4 is 57.2 Å². The number of ether oxygens (including phenoxy) is 1. The Kier molecular flexibility index (Phi) is 4.93. The van der Waals surface area contributed by atoms with Crippen LogP contribution in [0.3, 0.4) is 0 Å². The molecule has 0 atom stereocenters. The van der Waals surface area contributed by atoms with Gasteiger partial charge in [-0.1, -0.05) is 11.6 Å². The standard InChI is InChI=1S/C14H13ClINO2S/c1-3-19-14(18)13-11(17)7(2)12(20-13)9-6-8(15)4-5-10(9)16/h4-6H,3,17H2,1-2H3. The number of halogens is 2. The summed E-state index contributed by atoms with van der Waals surface area (Å²) in [5.41, 5.74) is 8.40. The number of thiophene rings is 1. The van der Waals surface area contributed by atoms with Crippen LogP contribution in [-0.4, -0.2) is 12.6 Å². The number of nitrogens with two attached hydrogens (primary N) is 1. The number of rotatable bonds is 3. The fourth-order valence-corrected chi connectivity index (χ4v) is 3.91. The van der Waals surface area contributed by atoms with E-state index in [0.29, 0.717) is 22.2 Å². The lowest BCUT2D eigenvalue weighted by molar-refractivity contribution is 0.0533. The summed E-state index contributed by atoms with van der Waals surface area (Å²) in [4.78, 5) is 13.3. The molecule has 2 aromatic rings. The van der Waals surface area contributed by atoms with E-state index in [2.05, 4.69) is 22.6 Å². The molecule has 0 bridgehead atoms. The van der Waals surface area contributed by atoms with Crippen molar-refractivity contribution in [2.24, 2.45) is 0 Å². The third kappa shape index (κ3) is 2.94. The normalized spacial score (nSPS) is 10.6. The van der Waals surface area contributed by atoms with E-state index in [1.54, 1.807) is 6.92 Å². The van der Waals surface area contributed by atoms with E-state index in [-0.39, 0.29) is 5.97 Å². The van der Waals surface area contributed by atoms with E-state index in [0.717, 1.165) is 19.6 Å². The van der Waals surface area contributed by atoms with Crippen LogP contribution in [0.15, 0.2) is 18.2 Å². The van der Waals surface area contributed by atoms with E-state index in [4.69, 9.17) is 22.1 Å². The highest BCUT2D eigenvalue weighted by Crippen LogP contribution is 2.41. The molecule has 1 aromatic carbocycles. The van der Waals surface area contributed by atoms with Crippen LogP contribution in [0.1, 0.15) is 22.2 Å². The molecule has 0 aliphatic heterocycles. The molecule has 2 rings (SSSR count). The fraction of sp³-hybridized carbons (Fsp3) is 0.214. The monoisotopic (exact) mass is 421 g/mol. The zero-order valence-electron chi connectivity index (χ0n) is 11.0. The first-order valence-corrected chi connectivity index (χ1v) is 8.24. The molecule has 20 heavy (non-hydrogen) atoms. The molecule has 6 heteroatoms. The maximum Gasteiger partial charge on any atom is 0.350 e. The predicted octanol–water partition coefficient (Wildman–Crippen LogP) is 4.74. The first-order valence-electron chi connectivity index (χ1n) is 5.97. The van der Waals surface area contributed by atoms with Crippen LogP contribution in [-0.2, 0) is 4.74 Å². The van der Waals surface area contributed by atoms with Crippen molar-refractivity contribution in [2.75, 3.05) is 12.3 Å². The zero-order chi connectivity index (χ0) is 14.9. The lowest BCUT2D eigenvalue weighted by atomic mass is 10.1. The van der Waals surface area contributed by atoms with Gasteiger partial charge in [-0.05, 0) is 60.2 Å². The van der Waals surface area contributed by atoms with E-state index < -0.39 is 0 Å². The van der Waals surface area contributed by atoms with E-state index in [1.807, 2.05) is 25.1 Å². The quantitative estimate of drug-likeness (QED) is 0.575. The van der Waals surface area contributed by atoms with Gasteiger partial charge in [-0.2, -0.15) is 0 Å². The molecule has 0 saturated carbocycles. The summed E-state index contributed by atoms with van der Waals surface area (Å²) < 4.78 is 6.09. The van der Waals surface area contributed by atoms with Crippen molar-refractivity contribution in [2.45, 2.75) is 13.8 Å². The van der Waals surface area contributed by atoms with Gasteiger partial charge in [0.2, 0.25) is 0 Å². The molecule has 2 N–H and O–H groups in total. The summed E-state index contributed by atoms with van der Waals surface area (Å²) in [6.45, 7) is 4.01. The van der Waals surface area contributed by atoms with Gasteiger partial charge in [0.15, 0.2) is 0 Å². The highest BCUT2D eigenvalue weighted by molar-refractivity contribution is 14.1. The predicted molar refractivity (Wildman–Crippen MR) is 92.6 cm³/mol. The molecule has 0 saturated heterocycles. The lowest BCUT2D eigenvalue weighted by Crippen LogP contribution is -2.05. The van der Waals surface area contributed by atoms with Gasteiger partial charge in [-0.25, -0.2) is 4.79 Å². The second kappa shape index (κ2) is 6.32. The highest BCUT2D eigenvalue weighted by Gasteiger charge is 2.21. The third-order valence-corrected chi connectivity index (χ3v) is 5.32. The first kappa shape index (κ1) is 15.6. The molecule has 0 radical (unpaired) electrons. The molecule has 1 heterocycles. The van der Waals surface area contributed by atoms with Crippen molar-refractivity contribution in [1.29, 1.82) is 0 Å². The molecule has 3 nitrogen and oxygen atoms in total. The minimum absolute atomic E-state index is 0.333. The molecule has 0 spiro atoms. The van der Waals surface area contributed by atoms with Crippen molar-refractivity contribution in [3.05, 3.63) is 37.2 Å². The summed E-state index contributed by atoms with van der Waals surface area (Å²) in [5, 5.41) is 0.657. The summed E-state index contributed by atoms with van der Waals surface area (Å²) in [7, 11) is 0. The number of carbonyl (C=O) groups excluding carboxylic acids is 1. The minimum atomic E-state index is -0.374. The lowest BCUT2D eigenvalue weighted by Gasteiger charge is -2.04. The second-order valence-electron chi connectivity index (χ2n) is 4.14. The summed E-state index contributed by atoms with van der Waals surface area (Å²) >= 11 is 9.65. The number of hydrogen-bond donors (Lipinski definition) is 1. The number of carbonyl (C=O) groups is 1. The SMILES string of the molecule is CCOC(=O)c1sc(-c2cc(Cl)ccc2I)c(C)c1N. The molecule has 0 amide bonds. The van der Waals surface area contributed by atoms with Crippen molar-refractivity contribution in [3.63, 3.8) is 0 Å². The molecular weight excluding hydrogens is 409 g/mol. The summed E-state index contributed by atoms with van der Waals surface area (Å²) in [6.07, 6.45) is 0. The van der Waals surface area contributed by atoms with Gasteiger partial charge in [0.25, 0.3) is 0 Å². The average molecular weight is 422 g/mol. The molecule has 1 aromatic heterocycles. The molecule has 0 fully saturated rings. The van der Waals surface area contributed by atoms with Crippen LogP contribution in [0.4, 0.5) is 5.69 Å². The van der Waals surface area contributed by atoms with Crippen LogP contribution in [0.25, 0.3) is 10.4 Å². The number of anilines is 1. The van der Waals surface area contributed by atoms with Gasteiger partial charge in [-0.15, -0.1) is 11.3 Å². The van der Waals surface area contributed by atoms with E-state index in [1.165, 1.54) is 11.3 Å². The Morgan fingerprint density at radius 3 is 2.85 bits per heavy atom. The Morgan fingerprint density at radius 2 is 2.20 bits per heavy atom. The van der Waals surface area contributed by atoms with Gasteiger partial charge in [-0.3, -0.25) is 0 Å². The first-order chi connectivity index (χ1) is 9.45. The second-order valence-corrected chi connectivity index (χ2v) is 6.76. The molecular formula is C14H13ClINO2S. The minimum Gasteiger partial charge on any atom is -0.462 e. The Morgan fingerprint density at radius 1 is 1.50 bits per heavy atom. The topological polar surface area (TPSA) is 52.3 Å². The third-order valence-electron chi connectivity index (χ3n) is 2.83. The van der Waals surface area contributed by atoms with E-state index >= 15 is 0 Å². The number of nitrogen functional groups attached to an aromatic ring is 1. The van der Waals surface area contributed by atoms with Crippen LogP contribution >= 0.6 is 45.5 Å². The van der Waals surface area contributed by atoms with E-state index in [9.17, 15) is 4.79 Å². The van der Waals surface area contributed by atoms with Crippen LogP contribution in [0.2, 0.25) is 5.02 Å². The van der Waals surface area contributed by atoms with Crippen molar-refractivity contribution in [3.8, 4) is 10.4 Å². The zero-order valence-corrected chi connectivity index (χ0v) is 14.7. The largest absolute Gasteiger partial charge is 0.462 e. The Labute approximate surface area is 140 Å². The summed E-state index contributed by atoms with van der Waals surface area (Å²) in [6, 6.07) is 5.67. The van der Waals surface area contributed by atoms with Crippen LogP contribution in [0, 0.1) is 10.5 Å². The Balaban J connectivity index is 2.56.